The van der Waals surface area contributed by atoms with Gasteiger partial charge in [-0.15, -0.1) is 0 Å². The van der Waals surface area contributed by atoms with Gasteiger partial charge in [0.2, 0.25) is 0 Å². The topological polar surface area (TPSA) is 15.6 Å². The lowest BCUT2D eigenvalue weighted by atomic mass is 9.92. The minimum absolute atomic E-state index is 1.03. The van der Waals surface area contributed by atoms with Gasteiger partial charge in [0, 0.05) is 5.56 Å². The zero-order valence-electron chi connectivity index (χ0n) is 16.9. The number of para-hydroxylation sites is 2. The smallest absolute Gasteiger partial charge is 0.0652 e. The van der Waals surface area contributed by atoms with Gasteiger partial charge in [0.15, 0.2) is 0 Å². The first-order valence-electron chi connectivity index (χ1n) is 10.5. The van der Waals surface area contributed by atoms with Crippen LogP contribution >= 0.6 is 0 Å². The monoisotopic (exact) mass is 396 g/mol. The number of anilines is 2. The van der Waals surface area contributed by atoms with E-state index in [9.17, 15) is 0 Å². The Morgan fingerprint density at radius 2 is 1.03 bits per heavy atom. The van der Waals surface area contributed by atoms with Crippen molar-refractivity contribution in [3.63, 3.8) is 0 Å². The highest BCUT2D eigenvalue weighted by Gasteiger charge is 2.11. The van der Waals surface area contributed by atoms with Gasteiger partial charge >= 0.3 is 0 Å². The molecule has 0 fully saturated rings. The van der Waals surface area contributed by atoms with Crippen molar-refractivity contribution in [2.75, 3.05) is 5.01 Å². The summed E-state index contributed by atoms with van der Waals surface area (Å²) < 4.78 is 0. The molecule has 0 aliphatic carbocycles. The molecule has 6 aromatic carbocycles. The molecule has 0 aliphatic rings. The standard InChI is InChI=1S/C29H20N2/c1-3-10-25(11-4-1)31(26-12-5-2-6-13-26)30-20-24-17-16-23-15-14-21-8-7-9-22-18-19-27(24)29(23)28(21)22/h1-20H. The maximum Gasteiger partial charge on any atom is 0.0652 e. The maximum atomic E-state index is 4.93. The predicted octanol–water partition coefficient (Wildman–Crippen LogP) is 7.76. The molecule has 0 bridgehead atoms. The summed E-state index contributed by atoms with van der Waals surface area (Å²) in [5.74, 6) is 0. The van der Waals surface area contributed by atoms with Crippen molar-refractivity contribution in [1.29, 1.82) is 0 Å². The largest absolute Gasteiger partial charge is 0.234 e. The average Bonchev–Trinajstić information content (AvgIpc) is 2.84. The van der Waals surface area contributed by atoms with Crippen molar-refractivity contribution in [3.8, 4) is 0 Å². The molecule has 6 rings (SSSR count). The van der Waals surface area contributed by atoms with E-state index < -0.39 is 0 Å². The fourth-order valence-corrected chi connectivity index (χ4v) is 4.41. The van der Waals surface area contributed by atoms with Gasteiger partial charge in [-0.05, 0) is 56.6 Å². The molecule has 31 heavy (non-hydrogen) atoms. The van der Waals surface area contributed by atoms with Gasteiger partial charge < -0.3 is 0 Å². The first kappa shape index (κ1) is 17.7. The number of nitrogens with zero attached hydrogens (tertiary/aromatic N) is 2. The lowest BCUT2D eigenvalue weighted by Crippen LogP contribution is -2.09. The first-order valence-corrected chi connectivity index (χ1v) is 10.5. The quantitative estimate of drug-likeness (QED) is 0.169. The molecule has 0 unspecified atom stereocenters. The number of rotatable bonds is 4. The van der Waals surface area contributed by atoms with E-state index in [0.717, 1.165) is 16.9 Å². The molecule has 0 amide bonds. The van der Waals surface area contributed by atoms with E-state index in [1.54, 1.807) is 0 Å². The van der Waals surface area contributed by atoms with Crippen LogP contribution in [0.3, 0.4) is 0 Å². The van der Waals surface area contributed by atoms with E-state index >= 15 is 0 Å². The van der Waals surface area contributed by atoms with Crippen LogP contribution in [-0.2, 0) is 0 Å². The van der Waals surface area contributed by atoms with Crippen LogP contribution in [0.5, 0.6) is 0 Å². The zero-order valence-corrected chi connectivity index (χ0v) is 16.9. The fourth-order valence-electron chi connectivity index (χ4n) is 4.41. The molecule has 0 spiro atoms. The molecule has 0 heterocycles. The Morgan fingerprint density at radius 3 is 1.68 bits per heavy atom. The maximum absolute atomic E-state index is 4.93. The Balaban J connectivity index is 1.53. The molecule has 0 aromatic heterocycles. The van der Waals surface area contributed by atoms with Gasteiger partial charge in [-0.3, -0.25) is 0 Å². The Labute approximate surface area is 181 Å². The normalized spacial score (nSPS) is 11.7. The Morgan fingerprint density at radius 1 is 0.484 bits per heavy atom. The fraction of sp³-hybridized carbons (Fsp3) is 0. The molecule has 6 aromatic rings. The Hall–Kier alpha value is -4.17. The Kier molecular flexibility index (Phi) is 4.14. The van der Waals surface area contributed by atoms with Crippen LogP contribution in [0.15, 0.2) is 120 Å². The highest BCUT2D eigenvalue weighted by Crippen LogP contribution is 2.35. The van der Waals surface area contributed by atoms with Crippen LogP contribution < -0.4 is 5.01 Å². The van der Waals surface area contributed by atoms with Gasteiger partial charge in [-0.1, -0.05) is 91.0 Å². The molecule has 0 aliphatic heterocycles. The molecule has 0 saturated carbocycles. The lowest BCUT2D eigenvalue weighted by Gasteiger charge is -2.19. The third-order valence-electron chi connectivity index (χ3n) is 5.88. The second-order valence-corrected chi connectivity index (χ2v) is 7.74. The van der Waals surface area contributed by atoms with Crippen LogP contribution in [0.4, 0.5) is 11.4 Å². The number of benzene rings is 6. The number of hydrogen-bond donors (Lipinski definition) is 0. The second-order valence-electron chi connectivity index (χ2n) is 7.74. The van der Waals surface area contributed by atoms with Crippen molar-refractivity contribution in [2.45, 2.75) is 0 Å². The van der Waals surface area contributed by atoms with Gasteiger partial charge in [-0.2, -0.15) is 5.10 Å². The van der Waals surface area contributed by atoms with Crippen molar-refractivity contribution >= 4 is 49.9 Å². The molecule has 0 atom stereocenters. The van der Waals surface area contributed by atoms with Crippen LogP contribution in [-0.4, -0.2) is 6.21 Å². The van der Waals surface area contributed by atoms with E-state index in [4.69, 9.17) is 5.10 Å². The minimum Gasteiger partial charge on any atom is -0.234 e. The molecular weight excluding hydrogens is 376 g/mol. The summed E-state index contributed by atoms with van der Waals surface area (Å²) in [6.45, 7) is 0. The summed E-state index contributed by atoms with van der Waals surface area (Å²) >= 11 is 0. The van der Waals surface area contributed by atoms with E-state index in [2.05, 4.69) is 78.9 Å². The molecule has 0 N–H and O–H groups in total. The van der Waals surface area contributed by atoms with Gasteiger partial charge in [-0.25, -0.2) is 5.01 Å². The van der Waals surface area contributed by atoms with Crippen molar-refractivity contribution in [2.24, 2.45) is 5.10 Å². The molecule has 0 radical (unpaired) electrons. The highest BCUT2D eigenvalue weighted by molar-refractivity contribution is 6.25. The molecule has 146 valence electrons. The van der Waals surface area contributed by atoms with Crippen LogP contribution in [0, 0.1) is 0 Å². The second kappa shape index (κ2) is 7.26. The third-order valence-corrected chi connectivity index (χ3v) is 5.88. The van der Waals surface area contributed by atoms with Crippen LogP contribution in [0.1, 0.15) is 5.56 Å². The lowest BCUT2D eigenvalue weighted by molar-refractivity contribution is 1.09. The summed E-state index contributed by atoms with van der Waals surface area (Å²) in [7, 11) is 0. The SMILES string of the molecule is C(=NN(c1ccccc1)c1ccccc1)c1ccc2ccc3cccc4ccc1c2c34. The van der Waals surface area contributed by atoms with Crippen molar-refractivity contribution in [1.82, 2.24) is 0 Å². The van der Waals surface area contributed by atoms with Crippen LogP contribution in [0.25, 0.3) is 32.3 Å². The van der Waals surface area contributed by atoms with E-state index in [-0.39, 0.29) is 0 Å². The van der Waals surface area contributed by atoms with Gasteiger partial charge in [0.05, 0.1) is 17.6 Å². The van der Waals surface area contributed by atoms with E-state index in [0.29, 0.717) is 0 Å². The van der Waals surface area contributed by atoms with Crippen molar-refractivity contribution in [3.05, 3.63) is 121 Å². The minimum atomic E-state index is 1.03. The zero-order chi connectivity index (χ0) is 20.6. The molecular formula is C29H20N2. The third kappa shape index (κ3) is 3.01. The summed E-state index contributed by atoms with van der Waals surface area (Å²) in [4.78, 5) is 0. The van der Waals surface area contributed by atoms with Gasteiger partial charge in [0.1, 0.15) is 0 Å². The molecule has 2 nitrogen and oxygen atoms in total. The summed E-state index contributed by atoms with van der Waals surface area (Å²) in [6, 6.07) is 40.3. The molecule has 0 saturated heterocycles. The van der Waals surface area contributed by atoms with Crippen molar-refractivity contribution < 1.29 is 0 Å². The predicted molar refractivity (Wildman–Crippen MR) is 133 cm³/mol. The van der Waals surface area contributed by atoms with Crippen LogP contribution in [0.2, 0.25) is 0 Å². The highest BCUT2D eigenvalue weighted by atomic mass is 15.5. The summed E-state index contributed by atoms with van der Waals surface area (Å²) in [5.41, 5.74) is 3.17. The average molecular weight is 396 g/mol. The number of hydrazone groups is 1. The van der Waals surface area contributed by atoms with Gasteiger partial charge in [0.25, 0.3) is 0 Å². The first-order chi connectivity index (χ1) is 15.4. The summed E-state index contributed by atoms with van der Waals surface area (Å²) in [5, 5.41) is 14.6. The van der Waals surface area contributed by atoms with E-state index in [1.807, 2.05) is 47.6 Å². The molecule has 2 heteroatoms. The summed E-state index contributed by atoms with van der Waals surface area (Å²) in [6.07, 6.45) is 1.98. The number of hydrogen-bond acceptors (Lipinski definition) is 2. The Bertz CT molecular complexity index is 1460. The van der Waals surface area contributed by atoms with E-state index in [1.165, 1.54) is 32.3 Å².